The predicted molar refractivity (Wildman–Crippen MR) is 117 cm³/mol. The first-order valence-corrected chi connectivity index (χ1v) is 11.0. The summed E-state index contributed by atoms with van der Waals surface area (Å²) in [5.74, 6) is 1.26. The maximum absolute atomic E-state index is 6.54. The van der Waals surface area contributed by atoms with Crippen molar-refractivity contribution in [3.05, 3.63) is 56.5 Å². The molecule has 0 bridgehead atoms. The molecule has 152 valence electrons. The summed E-state index contributed by atoms with van der Waals surface area (Å²) in [5.41, 5.74) is 1.76. The quantitative estimate of drug-likeness (QED) is 0.475. The lowest BCUT2D eigenvalue weighted by atomic mass is 9.95. The molecule has 0 atom stereocenters. The summed E-state index contributed by atoms with van der Waals surface area (Å²) in [6, 6.07) is 9.75. The zero-order chi connectivity index (χ0) is 19.9. The van der Waals surface area contributed by atoms with Gasteiger partial charge in [-0.25, -0.2) is 0 Å². The van der Waals surface area contributed by atoms with Crippen LogP contribution in [0.2, 0.25) is 15.1 Å². The Bertz CT molecular complexity index is 771. The van der Waals surface area contributed by atoms with Gasteiger partial charge in [-0.15, -0.1) is 0 Å². The molecule has 28 heavy (non-hydrogen) atoms. The van der Waals surface area contributed by atoms with Crippen LogP contribution in [0.4, 0.5) is 0 Å². The van der Waals surface area contributed by atoms with Crippen LogP contribution in [-0.4, -0.2) is 12.6 Å². The highest BCUT2D eigenvalue weighted by atomic mass is 35.5. The Morgan fingerprint density at radius 2 is 1.61 bits per heavy atom. The van der Waals surface area contributed by atoms with E-state index in [1.165, 1.54) is 32.1 Å². The van der Waals surface area contributed by atoms with E-state index in [0.29, 0.717) is 39.2 Å². The zero-order valence-electron chi connectivity index (χ0n) is 16.1. The molecule has 3 rings (SSSR count). The molecule has 1 aliphatic carbocycles. The van der Waals surface area contributed by atoms with E-state index in [0.717, 1.165) is 17.7 Å². The second kappa shape index (κ2) is 10.6. The van der Waals surface area contributed by atoms with Gasteiger partial charge in [0.2, 0.25) is 0 Å². The van der Waals surface area contributed by atoms with Gasteiger partial charge in [-0.05, 0) is 43.5 Å². The molecule has 0 radical (unpaired) electrons. The molecule has 6 heteroatoms. The number of benzene rings is 2. The van der Waals surface area contributed by atoms with Gasteiger partial charge in [0.25, 0.3) is 0 Å². The molecule has 2 aromatic carbocycles. The first kappa shape index (κ1) is 21.6. The highest BCUT2D eigenvalue weighted by molar-refractivity contribution is 6.36. The number of rotatable bonds is 8. The Hall–Kier alpha value is -1.13. The van der Waals surface area contributed by atoms with Crippen LogP contribution in [0.25, 0.3) is 0 Å². The smallest absolute Gasteiger partial charge is 0.163 e. The Labute approximate surface area is 182 Å². The lowest BCUT2D eigenvalue weighted by Gasteiger charge is -2.23. The van der Waals surface area contributed by atoms with Crippen molar-refractivity contribution in [2.75, 3.05) is 6.61 Å². The Balaban J connectivity index is 1.72. The van der Waals surface area contributed by atoms with E-state index in [2.05, 4.69) is 5.32 Å². The second-order valence-electron chi connectivity index (χ2n) is 7.03. The minimum absolute atomic E-state index is 0.245. The van der Waals surface area contributed by atoms with Gasteiger partial charge in [-0.1, -0.05) is 60.1 Å². The summed E-state index contributed by atoms with van der Waals surface area (Å²) in [7, 11) is 0. The van der Waals surface area contributed by atoms with Gasteiger partial charge < -0.3 is 14.8 Å². The zero-order valence-corrected chi connectivity index (χ0v) is 18.3. The van der Waals surface area contributed by atoms with Crippen molar-refractivity contribution in [1.82, 2.24) is 5.32 Å². The van der Waals surface area contributed by atoms with Crippen LogP contribution in [0, 0.1) is 0 Å². The topological polar surface area (TPSA) is 30.5 Å². The van der Waals surface area contributed by atoms with E-state index in [4.69, 9.17) is 44.3 Å². The van der Waals surface area contributed by atoms with Gasteiger partial charge in [0.15, 0.2) is 11.5 Å². The largest absolute Gasteiger partial charge is 0.490 e. The summed E-state index contributed by atoms with van der Waals surface area (Å²) in [5, 5.41) is 5.43. The maximum Gasteiger partial charge on any atom is 0.163 e. The summed E-state index contributed by atoms with van der Waals surface area (Å²) in [6.07, 6.45) is 6.40. The highest BCUT2D eigenvalue weighted by Gasteiger charge is 2.16. The molecule has 0 spiro atoms. The molecule has 1 N–H and O–H groups in total. The normalized spacial score (nSPS) is 14.9. The Morgan fingerprint density at radius 3 is 2.29 bits per heavy atom. The lowest BCUT2D eigenvalue weighted by Crippen LogP contribution is -2.30. The minimum atomic E-state index is 0.245. The van der Waals surface area contributed by atoms with Crippen LogP contribution in [0.3, 0.4) is 0 Å². The standard InChI is InChI=1S/C22H26Cl3NO2/c1-2-27-21-11-15(13-26-16-7-4-3-5-8-16)20(25)12-22(21)28-14-17-18(23)9-6-10-19(17)24/h6,9-12,16,26H,2-5,7-8,13-14H2,1H3. The number of hydrogen-bond donors (Lipinski definition) is 1. The molecule has 1 fully saturated rings. The summed E-state index contributed by atoms with van der Waals surface area (Å²) in [4.78, 5) is 0. The van der Waals surface area contributed by atoms with E-state index in [-0.39, 0.29) is 6.61 Å². The van der Waals surface area contributed by atoms with Crippen LogP contribution in [0.15, 0.2) is 30.3 Å². The van der Waals surface area contributed by atoms with Gasteiger partial charge in [-0.2, -0.15) is 0 Å². The molecular weight excluding hydrogens is 417 g/mol. The van der Waals surface area contributed by atoms with Gasteiger partial charge in [0.05, 0.1) is 6.61 Å². The molecule has 0 heterocycles. The number of hydrogen-bond acceptors (Lipinski definition) is 3. The Kier molecular flexibility index (Phi) is 8.16. The van der Waals surface area contributed by atoms with Crippen molar-refractivity contribution < 1.29 is 9.47 Å². The average molecular weight is 443 g/mol. The molecule has 2 aromatic rings. The monoisotopic (exact) mass is 441 g/mol. The fourth-order valence-electron chi connectivity index (χ4n) is 3.47. The SMILES string of the molecule is CCOc1cc(CNC2CCCCC2)c(Cl)cc1OCc1c(Cl)cccc1Cl. The maximum atomic E-state index is 6.54. The van der Waals surface area contributed by atoms with Crippen molar-refractivity contribution in [1.29, 1.82) is 0 Å². The fourth-order valence-corrected chi connectivity index (χ4v) is 4.20. The molecule has 0 aliphatic heterocycles. The summed E-state index contributed by atoms with van der Waals surface area (Å²) in [6.45, 7) is 3.46. The molecule has 0 aromatic heterocycles. The van der Waals surface area contributed by atoms with E-state index in [1.807, 2.05) is 25.1 Å². The van der Waals surface area contributed by atoms with Crippen LogP contribution in [-0.2, 0) is 13.2 Å². The third-order valence-electron chi connectivity index (χ3n) is 5.03. The van der Waals surface area contributed by atoms with Crippen LogP contribution >= 0.6 is 34.8 Å². The molecule has 1 saturated carbocycles. The molecular formula is C22H26Cl3NO2. The second-order valence-corrected chi connectivity index (χ2v) is 8.25. The van der Waals surface area contributed by atoms with Crippen molar-refractivity contribution in [3.63, 3.8) is 0 Å². The van der Waals surface area contributed by atoms with Crippen molar-refractivity contribution >= 4 is 34.8 Å². The number of nitrogens with one attached hydrogen (secondary N) is 1. The number of halogens is 3. The third-order valence-corrected chi connectivity index (χ3v) is 6.09. The fraction of sp³-hybridized carbons (Fsp3) is 0.455. The first-order chi connectivity index (χ1) is 13.6. The van der Waals surface area contributed by atoms with E-state index >= 15 is 0 Å². The predicted octanol–water partition coefficient (Wildman–Crippen LogP) is 7.05. The molecule has 1 aliphatic rings. The molecule has 0 unspecified atom stereocenters. The number of ether oxygens (including phenoxy) is 2. The van der Waals surface area contributed by atoms with Crippen LogP contribution in [0.5, 0.6) is 11.5 Å². The first-order valence-electron chi connectivity index (χ1n) is 9.82. The summed E-state index contributed by atoms with van der Waals surface area (Å²) < 4.78 is 11.8. The highest BCUT2D eigenvalue weighted by Crippen LogP contribution is 2.35. The van der Waals surface area contributed by atoms with Crippen LogP contribution in [0.1, 0.15) is 50.2 Å². The average Bonchev–Trinajstić information content (AvgIpc) is 2.69. The lowest BCUT2D eigenvalue weighted by molar-refractivity contribution is 0.269. The minimum Gasteiger partial charge on any atom is -0.490 e. The van der Waals surface area contributed by atoms with E-state index in [1.54, 1.807) is 12.1 Å². The molecule has 0 saturated heterocycles. The Morgan fingerprint density at radius 1 is 0.929 bits per heavy atom. The van der Waals surface area contributed by atoms with Gasteiger partial charge in [0.1, 0.15) is 6.61 Å². The van der Waals surface area contributed by atoms with Crippen molar-refractivity contribution in [2.24, 2.45) is 0 Å². The van der Waals surface area contributed by atoms with Gasteiger partial charge >= 0.3 is 0 Å². The van der Waals surface area contributed by atoms with E-state index in [9.17, 15) is 0 Å². The summed E-state index contributed by atoms with van der Waals surface area (Å²) >= 11 is 19.0. The molecule has 0 amide bonds. The molecule has 3 nitrogen and oxygen atoms in total. The van der Waals surface area contributed by atoms with Crippen molar-refractivity contribution in [2.45, 2.75) is 58.2 Å². The third kappa shape index (κ3) is 5.70. The van der Waals surface area contributed by atoms with Crippen LogP contribution < -0.4 is 14.8 Å². The van der Waals surface area contributed by atoms with Crippen molar-refractivity contribution in [3.8, 4) is 11.5 Å². The van der Waals surface area contributed by atoms with Gasteiger partial charge in [0, 0.05) is 39.3 Å². The van der Waals surface area contributed by atoms with E-state index < -0.39 is 0 Å². The van der Waals surface area contributed by atoms with Gasteiger partial charge in [-0.3, -0.25) is 0 Å².